The molecule has 1 fully saturated rings. The molecule has 3 aromatic carbocycles. The smallest absolute Gasteiger partial charge is 0.293 e. The Hall–Kier alpha value is -2.91. The van der Waals surface area contributed by atoms with E-state index >= 15 is 0 Å². The molecule has 3 nitrogen and oxygen atoms in total. The van der Waals surface area contributed by atoms with Crippen LogP contribution in [0.4, 0.5) is 0 Å². The minimum atomic E-state index is -0.454. The van der Waals surface area contributed by atoms with E-state index in [4.69, 9.17) is 4.74 Å². The van der Waals surface area contributed by atoms with Crippen LogP contribution in [0.25, 0.3) is 11.1 Å². The molecule has 1 aliphatic rings. The van der Waals surface area contributed by atoms with E-state index in [0.717, 1.165) is 56.9 Å². The van der Waals surface area contributed by atoms with Crippen LogP contribution in [0.3, 0.4) is 0 Å². The van der Waals surface area contributed by atoms with Gasteiger partial charge in [-0.25, -0.2) is 0 Å². The number of benzene rings is 3. The van der Waals surface area contributed by atoms with Crippen molar-refractivity contribution in [3.8, 4) is 11.1 Å². The van der Waals surface area contributed by atoms with E-state index in [0.29, 0.717) is 13.1 Å². The number of aliphatic hydroxyl groups is 1. The summed E-state index contributed by atoms with van der Waals surface area (Å²) in [6.45, 7) is 9.81. The number of carbonyl (C=O) groups is 1. The predicted molar refractivity (Wildman–Crippen MR) is 152 cm³/mol. The van der Waals surface area contributed by atoms with Crippen molar-refractivity contribution in [1.82, 2.24) is 0 Å². The standard InChI is InChI=1S/C34H42O3/c1-5-34(6-2,30-14-13-28(25(3)21-30)17-20-33(36)18-7-8-19-33)31-15-16-32(26(4)22-31)29-11-9-27(10-12-29)23-37-24-35/h9-16,21-22,24,36H,5-8,17-20,23H2,1-4H3. The SMILES string of the molecule is CCC(CC)(c1ccc(CCC2(O)CCCC2)c(C)c1)c1ccc(-c2ccc(COC=O)cc2)c(C)c1. The molecule has 1 saturated carbocycles. The fraction of sp³-hybridized carbons (Fsp3) is 0.441. The second-order valence-corrected chi connectivity index (χ2v) is 11.0. The zero-order chi connectivity index (χ0) is 26.5. The highest BCUT2D eigenvalue weighted by molar-refractivity contribution is 5.68. The van der Waals surface area contributed by atoms with Crippen LogP contribution in [0.1, 0.15) is 92.2 Å². The number of hydrogen-bond donors (Lipinski definition) is 1. The molecule has 0 unspecified atom stereocenters. The molecule has 37 heavy (non-hydrogen) atoms. The minimum absolute atomic E-state index is 0.0355. The van der Waals surface area contributed by atoms with Gasteiger partial charge < -0.3 is 9.84 Å². The topological polar surface area (TPSA) is 46.5 Å². The molecule has 196 valence electrons. The highest BCUT2D eigenvalue weighted by atomic mass is 16.5. The number of carbonyl (C=O) groups excluding carboxylic acids is 1. The molecule has 0 heterocycles. The largest absolute Gasteiger partial charge is 0.463 e. The summed E-state index contributed by atoms with van der Waals surface area (Å²) in [7, 11) is 0. The first-order valence-electron chi connectivity index (χ1n) is 13.9. The Morgan fingerprint density at radius 2 is 1.51 bits per heavy atom. The van der Waals surface area contributed by atoms with Crippen molar-refractivity contribution in [2.24, 2.45) is 0 Å². The molecule has 0 saturated heterocycles. The van der Waals surface area contributed by atoms with Crippen LogP contribution in [0.5, 0.6) is 0 Å². The summed E-state index contributed by atoms with van der Waals surface area (Å²) < 4.78 is 4.87. The molecule has 0 amide bonds. The number of aryl methyl sites for hydroxylation is 3. The average Bonchev–Trinajstić information content (AvgIpc) is 3.35. The van der Waals surface area contributed by atoms with Crippen molar-refractivity contribution in [1.29, 1.82) is 0 Å². The first-order valence-corrected chi connectivity index (χ1v) is 13.9. The van der Waals surface area contributed by atoms with Crippen LogP contribution in [0.2, 0.25) is 0 Å². The molecule has 0 bridgehead atoms. The van der Waals surface area contributed by atoms with E-state index < -0.39 is 5.60 Å². The van der Waals surface area contributed by atoms with Gasteiger partial charge in [0.1, 0.15) is 6.61 Å². The second-order valence-electron chi connectivity index (χ2n) is 11.0. The second kappa shape index (κ2) is 11.6. The molecule has 0 aliphatic heterocycles. The van der Waals surface area contributed by atoms with Gasteiger partial charge >= 0.3 is 0 Å². The van der Waals surface area contributed by atoms with E-state index in [1.54, 1.807) is 0 Å². The predicted octanol–water partition coefficient (Wildman–Crippen LogP) is 7.99. The van der Waals surface area contributed by atoms with Crippen LogP contribution >= 0.6 is 0 Å². The van der Waals surface area contributed by atoms with Crippen LogP contribution in [-0.4, -0.2) is 17.2 Å². The summed E-state index contributed by atoms with van der Waals surface area (Å²) in [4.78, 5) is 10.5. The van der Waals surface area contributed by atoms with Gasteiger partial charge in [0, 0.05) is 5.41 Å². The molecular formula is C34H42O3. The van der Waals surface area contributed by atoms with Crippen molar-refractivity contribution in [2.75, 3.05) is 0 Å². The monoisotopic (exact) mass is 498 g/mol. The van der Waals surface area contributed by atoms with E-state index in [-0.39, 0.29) is 5.41 Å². The van der Waals surface area contributed by atoms with E-state index in [1.807, 2.05) is 12.1 Å². The quantitative estimate of drug-likeness (QED) is 0.273. The van der Waals surface area contributed by atoms with Crippen LogP contribution in [-0.2, 0) is 28.0 Å². The molecule has 3 aromatic rings. The lowest BCUT2D eigenvalue weighted by Crippen LogP contribution is -2.27. The zero-order valence-corrected chi connectivity index (χ0v) is 23.0. The number of hydrogen-bond acceptors (Lipinski definition) is 3. The lowest BCUT2D eigenvalue weighted by atomic mass is 9.69. The van der Waals surface area contributed by atoms with Gasteiger partial charge in [0.15, 0.2) is 0 Å². The van der Waals surface area contributed by atoms with Crippen molar-refractivity contribution < 1.29 is 14.6 Å². The maximum atomic E-state index is 10.8. The Morgan fingerprint density at radius 1 is 0.892 bits per heavy atom. The maximum Gasteiger partial charge on any atom is 0.293 e. The molecule has 3 heteroatoms. The average molecular weight is 499 g/mol. The Balaban J connectivity index is 1.59. The highest BCUT2D eigenvalue weighted by Crippen LogP contribution is 2.41. The molecule has 1 N–H and O–H groups in total. The molecule has 0 spiro atoms. The highest BCUT2D eigenvalue weighted by Gasteiger charge is 2.33. The summed E-state index contributed by atoms with van der Waals surface area (Å²) >= 11 is 0. The van der Waals surface area contributed by atoms with Crippen molar-refractivity contribution >= 4 is 6.47 Å². The lowest BCUT2D eigenvalue weighted by Gasteiger charge is -2.34. The first kappa shape index (κ1) is 27.1. The number of rotatable bonds is 11. The summed E-state index contributed by atoms with van der Waals surface area (Å²) in [6, 6.07) is 22.2. The normalized spacial score (nSPS) is 15.1. The van der Waals surface area contributed by atoms with Crippen molar-refractivity contribution in [3.05, 3.63) is 94.0 Å². The van der Waals surface area contributed by atoms with Gasteiger partial charge in [-0.3, -0.25) is 4.79 Å². The van der Waals surface area contributed by atoms with Gasteiger partial charge in [0.25, 0.3) is 6.47 Å². The van der Waals surface area contributed by atoms with Crippen LogP contribution in [0.15, 0.2) is 60.7 Å². The van der Waals surface area contributed by atoms with E-state index in [1.165, 1.54) is 38.9 Å². The molecular weight excluding hydrogens is 456 g/mol. The summed E-state index contributed by atoms with van der Waals surface area (Å²) in [5, 5.41) is 10.8. The molecule has 0 radical (unpaired) electrons. The molecule has 1 aliphatic carbocycles. The molecule has 4 rings (SSSR count). The lowest BCUT2D eigenvalue weighted by molar-refractivity contribution is -0.129. The summed E-state index contributed by atoms with van der Waals surface area (Å²) in [5.41, 5.74) is 9.58. The molecule has 0 aromatic heterocycles. The summed E-state index contributed by atoms with van der Waals surface area (Å²) in [5.74, 6) is 0. The number of ether oxygens (including phenoxy) is 1. The van der Waals surface area contributed by atoms with Gasteiger partial charge in [0.05, 0.1) is 5.60 Å². The Bertz CT molecular complexity index is 1200. The van der Waals surface area contributed by atoms with Crippen molar-refractivity contribution in [3.63, 3.8) is 0 Å². The van der Waals surface area contributed by atoms with Crippen LogP contribution in [0, 0.1) is 13.8 Å². The fourth-order valence-corrected chi connectivity index (χ4v) is 6.35. The Morgan fingerprint density at radius 3 is 2.08 bits per heavy atom. The third-order valence-electron chi connectivity index (χ3n) is 8.86. The Kier molecular flexibility index (Phi) is 8.54. The van der Waals surface area contributed by atoms with Gasteiger partial charge in [-0.05, 0) is 96.9 Å². The third kappa shape index (κ3) is 5.83. The van der Waals surface area contributed by atoms with Gasteiger partial charge in [-0.1, -0.05) is 87.4 Å². The van der Waals surface area contributed by atoms with Gasteiger partial charge in [-0.2, -0.15) is 0 Å². The molecule has 0 atom stereocenters. The first-order chi connectivity index (χ1) is 17.8. The van der Waals surface area contributed by atoms with E-state index in [9.17, 15) is 9.90 Å². The zero-order valence-electron chi connectivity index (χ0n) is 23.0. The van der Waals surface area contributed by atoms with Crippen molar-refractivity contribution in [2.45, 2.75) is 96.7 Å². The minimum Gasteiger partial charge on any atom is -0.463 e. The Labute approximate surface area is 222 Å². The third-order valence-corrected chi connectivity index (χ3v) is 8.86. The van der Waals surface area contributed by atoms with Gasteiger partial charge in [0.2, 0.25) is 0 Å². The van der Waals surface area contributed by atoms with E-state index in [2.05, 4.69) is 76.2 Å². The van der Waals surface area contributed by atoms with Gasteiger partial charge in [-0.15, -0.1) is 0 Å². The summed E-state index contributed by atoms with van der Waals surface area (Å²) in [6.07, 6.45) is 8.10. The maximum absolute atomic E-state index is 10.8. The van der Waals surface area contributed by atoms with Crippen LogP contribution < -0.4 is 0 Å². The fourth-order valence-electron chi connectivity index (χ4n) is 6.35.